The van der Waals surface area contributed by atoms with E-state index in [2.05, 4.69) is 4.98 Å². The maximum Gasteiger partial charge on any atom is 0.323 e. The van der Waals surface area contributed by atoms with Crippen molar-refractivity contribution in [3.8, 4) is 0 Å². The molecule has 6 nitrogen and oxygen atoms in total. The predicted molar refractivity (Wildman–Crippen MR) is 113 cm³/mol. The molecule has 0 aliphatic carbocycles. The molecule has 30 heavy (non-hydrogen) atoms. The Morgan fingerprint density at radius 1 is 1.23 bits per heavy atom. The number of thioether (sulfide) groups is 1. The zero-order chi connectivity index (χ0) is 21.4. The Morgan fingerprint density at radius 2 is 2.00 bits per heavy atom. The number of hydrogen-bond donors (Lipinski definition) is 1. The third-order valence-electron chi connectivity index (χ3n) is 4.45. The minimum atomic E-state index is -1.17. The Morgan fingerprint density at radius 3 is 2.73 bits per heavy atom. The van der Waals surface area contributed by atoms with Crippen LogP contribution >= 0.6 is 24.0 Å². The first-order valence-corrected chi connectivity index (χ1v) is 9.92. The minimum absolute atomic E-state index is 0.0634. The van der Waals surface area contributed by atoms with Crippen LogP contribution in [0.15, 0.2) is 47.4 Å². The van der Waals surface area contributed by atoms with Gasteiger partial charge in [0.25, 0.3) is 5.91 Å². The molecular formula is C20H13F2N3O3S2. The van der Waals surface area contributed by atoms with Gasteiger partial charge in [0.1, 0.15) is 28.3 Å². The molecule has 3 aromatic rings. The zero-order valence-electron chi connectivity index (χ0n) is 15.2. The van der Waals surface area contributed by atoms with Gasteiger partial charge < -0.3 is 9.67 Å². The van der Waals surface area contributed by atoms with Crippen LogP contribution in [0.2, 0.25) is 0 Å². The van der Waals surface area contributed by atoms with Crippen molar-refractivity contribution in [3.63, 3.8) is 0 Å². The van der Waals surface area contributed by atoms with Crippen molar-refractivity contribution in [2.75, 3.05) is 6.54 Å². The molecule has 1 aliphatic heterocycles. The molecule has 0 radical (unpaired) electrons. The first kappa shape index (κ1) is 20.2. The van der Waals surface area contributed by atoms with Crippen molar-refractivity contribution in [1.29, 1.82) is 0 Å². The molecule has 0 spiro atoms. The third kappa shape index (κ3) is 3.83. The molecule has 1 saturated heterocycles. The Bertz CT molecular complexity index is 1240. The quantitative estimate of drug-likeness (QED) is 0.477. The first-order chi connectivity index (χ1) is 14.3. The smallest absolute Gasteiger partial charge is 0.323 e. The van der Waals surface area contributed by atoms with Gasteiger partial charge >= 0.3 is 5.97 Å². The number of imidazole rings is 1. The molecule has 1 N–H and O–H groups in total. The number of carbonyl (C=O) groups excluding carboxylic acids is 1. The second-order valence-corrected chi connectivity index (χ2v) is 8.12. The average molecular weight is 445 g/mol. The fraction of sp³-hybridized carbons (Fsp3) is 0.100. The van der Waals surface area contributed by atoms with E-state index in [1.54, 1.807) is 28.8 Å². The second-order valence-electron chi connectivity index (χ2n) is 6.44. The van der Waals surface area contributed by atoms with Gasteiger partial charge in [0, 0.05) is 17.7 Å². The lowest BCUT2D eigenvalue weighted by molar-refractivity contribution is -0.140. The summed E-state index contributed by atoms with van der Waals surface area (Å²) in [6.07, 6.45) is 1.50. The molecule has 1 aliphatic rings. The molecule has 10 heteroatoms. The van der Waals surface area contributed by atoms with Gasteiger partial charge in [-0.1, -0.05) is 42.2 Å². The molecule has 0 saturated carbocycles. The number of carbonyl (C=O) groups is 2. The van der Waals surface area contributed by atoms with E-state index in [-0.39, 0.29) is 21.3 Å². The number of hydrogen-bond acceptors (Lipinski definition) is 5. The number of thiocarbonyl (C=S) groups is 1. The summed E-state index contributed by atoms with van der Waals surface area (Å²) in [5.74, 6) is -2.69. The highest BCUT2D eigenvalue weighted by Crippen LogP contribution is 2.33. The van der Waals surface area contributed by atoms with Gasteiger partial charge in [-0.25, -0.2) is 13.8 Å². The van der Waals surface area contributed by atoms with E-state index in [1.807, 2.05) is 0 Å². The molecule has 1 aromatic heterocycles. The van der Waals surface area contributed by atoms with Crippen LogP contribution in [0.1, 0.15) is 11.4 Å². The molecule has 1 fully saturated rings. The molecular weight excluding hydrogens is 432 g/mol. The van der Waals surface area contributed by atoms with Crippen LogP contribution < -0.4 is 0 Å². The van der Waals surface area contributed by atoms with E-state index >= 15 is 0 Å². The van der Waals surface area contributed by atoms with E-state index in [4.69, 9.17) is 17.3 Å². The number of halogens is 2. The Hall–Kier alpha value is -3.11. The van der Waals surface area contributed by atoms with Crippen LogP contribution in [-0.4, -0.2) is 42.3 Å². The average Bonchev–Trinajstić information content (AvgIpc) is 3.16. The van der Waals surface area contributed by atoms with Crippen LogP contribution in [0.5, 0.6) is 0 Å². The molecule has 4 rings (SSSR count). The fourth-order valence-corrected chi connectivity index (χ4v) is 4.30. The van der Waals surface area contributed by atoms with Gasteiger partial charge in [-0.3, -0.25) is 14.5 Å². The largest absolute Gasteiger partial charge is 0.480 e. The monoisotopic (exact) mass is 445 g/mol. The SMILES string of the molecule is O=C(O)CN1C(=O)/C(=C/c2nc3ccccc3n2Cc2ccc(F)cc2F)SC1=S. The highest BCUT2D eigenvalue weighted by molar-refractivity contribution is 8.26. The predicted octanol–water partition coefficient (Wildman–Crippen LogP) is 3.65. The Labute approximate surface area is 178 Å². The van der Waals surface area contributed by atoms with Gasteiger partial charge in [-0.2, -0.15) is 0 Å². The summed E-state index contributed by atoms with van der Waals surface area (Å²) in [4.78, 5) is 29.3. The number of fused-ring (bicyclic) bond motifs is 1. The summed E-state index contributed by atoms with van der Waals surface area (Å²) in [5.41, 5.74) is 1.59. The van der Waals surface area contributed by atoms with Crippen LogP contribution in [0.4, 0.5) is 8.78 Å². The summed E-state index contributed by atoms with van der Waals surface area (Å²) >= 11 is 6.09. The second kappa shape index (κ2) is 7.96. The number of rotatable bonds is 5. The van der Waals surface area contributed by atoms with Gasteiger partial charge in [0.2, 0.25) is 0 Å². The lowest BCUT2D eigenvalue weighted by Crippen LogP contribution is -2.33. The summed E-state index contributed by atoms with van der Waals surface area (Å²) in [5, 5.41) is 8.97. The van der Waals surface area contributed by atoms with Crippen molar-refractivity contribution >= 4 is 57.3 Å². The van der Waals surface area contributed by atoms with E-state index in [1.165, 1.54) is 18.2 Å². The zero-order valence-corrected chi connectivity index (χ0v) is 16.8. The number of carboxylic acids is 1. The normalized spacial score (nSPS) is 15.5. The highest BCUT2D eigenvalue weighted by Gasteiger charge is 2.33. The molecule has 0 atom stereocenters. The van der Waals surface area contributed by atoms with E-state index in [0.717, 1.165) is 22.7 Å². The van der Waals surface area contributed by atoms with Crippen molar-refractivity contribution in [3.05, 3.63) is 70.4 Å². The van der Waals surface area contributed by atoms with Gasteiger partial charge in [-0.05, 0) is 18.2 Å². The number of benzene rings is 2. The third-order valence-corrected chi connectivity index (χ3v) is 5.83. The molecule has 1 amide bonds. The Balaban J connectivity index is 1.77. The summed E-state index contributed by atoms with van der Waals surface area (Å²) in [6.45, 7) is -0.465. The lowest BCUT2D eigenvalue weighted by Gasteiger charge is -2.10. The summed E-state index contributed by atoms with van der Waals surface area (Å²) in [6, 6.07) is 10.5. The first-order valence-electron chi connectivity index (χ1n) is 8.70. The van der Waals surface area contributed by atoms with E-state index < -0.39 is 30.1 Å². The lowest BCUT2D eigenvalue weighted by atomic mass is 10.2. The summed E-state index contributed by atoms with van der Waals surface area (Å²) in [7, 11) is 0. The molecule has 2 aromatic carbocycles. The number of para-hydroxylation sites is 2. The van der Waals surface area contributed by atoms with Crippen molar-refractivity contribution in [2.45, 2.75) is 6.54 Å². The highest BCUT2D eigenvalue weighted by atomic mass is 32.2. The van der Waals surface area contributed by atoms with Crippen LogP contribution in [0.25, 0.3) is 17.1 Å². The molecule has 152 valence electrons. The van der Waals surface area contributed by atoms with Crippen molar-refractivity contribution in [2.24, 2.45) is 0 Å². The molecule has 2 heterocycles. The Kier molecular flexibility index (Phi) is 5.35. The molecule has 0 unspecified atom stereocenters. The maximum absolute atomic E-state index is 14.2. The van der Waals surface area contributed by atoms with Crippen LogP contribution in [0, 0.1) is 11.6 Å². The fourth-order valence-electron chi connectivity index (χ4n) is 3.08. The standard InChI is InChI=1S/C20H13F2N3O3S2/c21-12-6-5-11(13(22)7-12)9-24-15-4-2-1-3-14(15)23-17(24)8-16-19(28)25(10-18(26)27)20(29)30-16/h1-8H,9-10H2,(H,26,27)/b16-8-. The van der Waals surface area contributed by atoms with Crippen LogP contribution in [-0.2, 0) is 16.1 Å². The number of nitrogens with zero attached hydrogens (tertiary/aromatic N) is 3. The number of aromatic nitrogens is 2. The van der Waals surface area contributed by atoms with Gasteiger partial charge in [0.15, 0.2) is 0 Å². The summed E-state index contributed by atoms with van der Waals surface area (Å²) < 4.78 is 29.4. The van der Waals surface area contributed by atoms with E-state index in [9.17, 15) is 18.4 Å². The number of carboxylic acid groups (broad SMARTS) is 1. The minimum Gasteiger partial charge on any atom is -0.480 e. The topological polar surface area (TPSA) is 75.4 Å². The van der Waals surface area contributed by atoms with E-state index in [0.29, 0.717) is 16.9 Å². The number of amides is 1. The molecule has 0 bridgehead atoms. The van der Waals surface area contributed by atoms with Gasteiger partial charge in [-0.15, -0.1) is 0 Å². The number of aliphatic carboxylic acids is 1. The maximum atomic E-state index is 14.2. The van der Waals surface area contributed by atoms with Crippen molar-refractivity contribution < 1.29 is 23.5 Å². The van der Waals surface area contributed by atoms with Crippen LogP contribution in [0.3, 0.4) is 0 Å². The van der Waals surface area contributed by atoms with Crippen molar-refractivity contribution in [1.82, 2.24) is 14.5 Å². The van der Waals surface area contributed by atoms with Gasteiger partial charge in [0.05, 0.1) is 22.5 Å².